The summed E-state index contributed by atoms with van der Waals surface area (Å²) >= 11 is 0. The van der Waals surface area contributed by atoms with E-state index in [4.69, 9.17) is 4.74 Å². The number of carbonyl (C=O) groups is 1. The molecule has 0 aromatic heterocycles. The molecule has 3 heteroatoms. The quantitative estimate of drug-likeness (QED) is 0.748. The molecule has 0 heterocycles. The SMILES string of the molecule is COC(C)C(=O)N[C@H](C)C1CCCC1. The van der Waals surface area contributed by atoms with Crippen LogP contribution in [0.2, 0.25) is 0 Å². The maximum Gasteiger partial charge on any atom is 0.249 e. The molecule has 0 saturated heterocycles. The standard InChI is InChI=1S/C11H21NO2/c1-8(10-6-4-5-7-10)12-11(13)9(2)14-3/h8-10H,4-7H2,1-3H3,(H,12,13)/t8-,9?/m1/s1. The third-order valence-electron chi connectivity index (χ3n) is 3.20. The molecule has 3 nitrogen and oxygen atoms in total. The minimum atomic E-state index is -0.334. The highest BCUT2D eigenvalue weighted by molar-refractivity contribution is 5.80. The molecule has 2 atom stereocenters. The fourth-order valence-electron chi connectivity index (χ4n) is 2.02. The van der Waals surface area contributed by atoms with Crippen LogP contribution in [0.15, 0.2) is 0 Å². The van der Waals surface area contributed by atoms with Crippen LogP contribution in [-0.4, -0.2) is 25.2 Å². The fraction of sp³-hybridized carbons (Fsp3) is 0.909. The van der Waals surface area contributed by atoms with Crippen LogP contribution in [0.4, 0.5) is 0 Å². The second kappa shape index (κ2) is 5.35. The zero-order chi connectivity index (χ0) is 10.6. The molecule has 0 bridgehead atoms. The number of hydrogen-bond acceptors (Lipinski definition) is 2. The molecule has 14 heavy (non-hydrogen) atoms. The molecule has 1 fully saturated rings. The van der Waals surface area contributed by atoms with Crippen molar-refractivity contribution in [2.45, 2.75) is 51.7 Å². The normalized spacial score (nSPS) is 21.9. The summed E-state index contributed by atoms with van der Waals surface area (Å²) in [4.78, 5) is 11.5. The van der Waals surface area contributed by atoms with Gasteiger partial charge in [0, 0.05) is 13.2 Å². The summed E-state index contributed by atoms with van der Waals surface area (Å²) in [7, 11) is 1.56. The van der Waals surface area contributed by atoms with Gasteiger partial charge in [0.25, 0.3) is 0 Å². The Kier molecular flexibility index (Phi) is 4.39. The van der Waals surface area contributed by atoms with Crippen molar-refractivity contribution in [2.75, 3.05) is 7.11 Å². The van der Waals surface area contributed by atoms with Crippen molar-refractivity contribution >= 4 is 5.91 Å². The Labute approximate surface area is 86.2 Å². The van der Waals surface area contributed by atoms with Gasteiger partial charge in [0.1, 0.15) is 6.10 Å². The first-order chi connectivity index (χ1) is 6.65. The summed E-state index contributed by atoms with van der Waals surface area (Å²) < 4.78 is 4.96. The van der Waals surface area contributed by atoms with Crippen LogP contribution in [0.25, 0.3) is 0 Å². The van der Waals surface area contributed by atoms with Crippen molar-refractivity contribution in [2.24, 2.45) is 5.92 Å². The highest BCUT2D eigenvalue weighted by atomic mass is 16.5. The Hall–Kier alpha value is -0.570. The van der Waals surface area contributed by atoms with Gasteiger partial charge < -0.3 is 10.1 Å². The number of hydrogen-bond donors (Lipinski definition) is 1. The average Bonchev–Trinajstić information content (AvgIpc) is 2.69. The Bertz CT molecular complexity index is 188. The Morgan fingerprint density at radius 1 is 1.36 bits per heavy atom. The van der Waals surface area contributed by atoms with Crippen molar-refractivity contribution in [1.29, 1.82) is 0 Å². The zero-order valence-corrected chi connectivity index (χ0v) is 9.38. The number of methoxy groups -OCH3 is 1. The van der Waals surface area contributed by atoms with Gasteiger partial charge in [-0.05, 0) is 32.6 Å². The van der Waals surface area contributed by atoms with Gasteiger partial charge in [-0.15, -0.1) is 0 Å². The smallest absolute Gasteiger partial charge is 0.249 e. The molecule has 82 valence electrons. The van der Waals surface area contributed by atoms with Gasteiger partial charge in [0.15, 0.2) is 0 Å². The molecule has 1 unspecified atom stereocenters. The van der Waals surface area contributed by atoms with E-state index in [0.717, 1.165) is 0 Å². The molecular formula is C11H21NO2. The van der Waals surface area contributed by atoms with Gasteiger partial charge in [-0.1, -0.05) is 12.8 Å². The molecule has 0 aliphatic heterocycles. The molecular weight excluding hydrogens is 178 g/mol. The van der Waals surface area contributed by atoms with Gasteiger partial charge in [-0.25, -0.2) is 0 Å². The molecule has 1 amide bonds. The summed E-state index contributed by atoms with van der Waals surface area (Å²) in [5, 5.41) is 3.01. The Morgan fingerprint density at radius 2 is 1.93 bits per heavy atom. The molecule has 0 aromatic rings. The maximum absolute atomic E-state index is 11.5. The van der Waals surface area contributed by atoms with Crippen LogP contribution < -0.4 is 5.32 Å². The molecule has 0 aromatic carbocycles. The van der Waals surface area contributed by atoms with Crippen LogP contribution in [0.3, 0.4) is 0 Å². The van der Waals surface area contributed by atoms with Crippen LogP contribution in [0.5, 0.6) is 0 Å². The highest BCUT2D eigenvalue weighted by Gasteiger charge is 2.24. The summed E-state index contributed by atoms with van der Waals surface area (Å²) in [5.74, 6) is 0.676. The predicted octanol–water partition coefficient (Wildman–Crippen LogP) is 1.72. The van der Waals surface area contributed by atoms with E-state index in [-0.39, 0.29) is 12.0 Å². The highest BCUT2D eigenvalue weighted by Crippen LogP contribution is 2.27. The second-order valence-electron chi connectivity index (χ2n) is 4.22. The average molecular weight is 199 g/mol. The van der Waals surface area contributed by atoms with E-state index < -0.39 is 0 Å². The van der Waals surface area contributed by atoms with Gasteiger partial charge in [-0.3, -0.25) is 4.79 Å². The van der Waals surface area contributed by atoms with Gasteiger partial charge >= 0.3 is 0 Å². The van der Waals surface area contributed by atoms with Crippen molar-refractivity contribution in [3.63, 3.8) is 0 Å². The minimum absolute atomic E-state index is 0.00639. The van der Waals surface area contributed by atoms with Crippen LogP contribution in [0, 0.1) is 5.92 Å². The first kappa shape index (κ1) is 11.5. The van der Waals surface area contributed by atoms with Crippen molar-refractivity contribution in [1.82, 2.24) is 5.32 Å². The van der Waals surface area contributed by atoms with Gasteiger partial charge in [0.2, 0.25) is 5.91 Å². The lowest BCUT2D eigenvalue weighted by Crippen LogP contribution is -2.42. The Balaban J connectivity index is 2.31. The molecule has 1 aliphatic rings. The lowest BCUT2D eigenvalue weighted by Gasteiger charge is -2.21. The molecule has 0 spiro atoms. The zero-order valence-electron chi connectivity index (χ0n) is 9.38. The first-order valence-corrected chi connectivity index (χ1v) is 5.48. The fourth-order valence-corrected chi connectivity index (χ4v) is 2.02. The lowest BCUT2D eigenvalue weighted by molar-refractivity contribution is -0.131. The van der Waals surface area contributed by atoms with E-state index >= 15 is 0 Å². The lowest BCUT2D eigenvalue weighted by atomic mass is 10.00. The van der Waals surface area contributed by atoms with Crippen molar-refractivity contribution < 1.29 is 9.53 Å². The van der Waals surface area contributed by atoms with E-state index in [1.165, 1.54) is 25.7 Å². The number of nitrogens with one attached hydrogen (secondary N) is 1. The molecule has 1 saturated carbocycles. The topological polar surface area (TPSA) is 38.3 Å². The molecule has 1 N–H and O–H groups in total. The largest absolute Gasteiger partial charge is 0.372 e. The van der Waals surface area contributed by atoms with Crippen LogP contribution >= 0.6 is 0 Å². The summed E-state index contributed by atoms with van der Waals surface area (Å²) in [6.07, 6.45) is 4.79. The van der Waals surface area contributed by atoms with Crippen LogP contribution in [0.1, 0.15) is 39.5 Å². The minimum Gasteiger partial charge on any atom is -0.372 e. The third kappa shape index (κ3) is 2.98. The molecule has 0 radical (unpaired) electrons. The monoisotopic (exact) mass is 199 g/mol. The van der Waals surface area contributed by atoms with E-state index in [9.17, 15) is 4.79 Å². The van der Waals surface area contributed by atoms with Gasteiger partial charge in [-0.2, -0.15) is 0 Å². The molecule has 1 rings (SSSR count). The van der Waals surface area contributed by atoms with E-state index in [0.29, 0.717) is 12.0 Å². The number of amides is 1. The first-order valence-electron chi connectivity index (χ1n) is 5.48. The van der Waals surface area contributed by atoms with E-state index in [1.54, 1.807) is 14.0 Å². The van der Waals surface area contributed by atoms with Crippen LogP contribution in [-0.2, 0) is 9.53 Å². The number of rotatable bonds is 4. The van der Waals surface area contributed by atoms with E-state index in [1.807, 2.05) is 0 Å². The summed E-state index contributed by atoms with van der Waals surface area (Å²) in [5.41, 5.74) is 0. The predicted molar refractivity (Wildman–Crippen MR) is 56.0 cm³/mol. The Morgan fingerprint density at radius 3 is 2.43 bits per heavy atom. The molecule has 1 aliphatic carbocycles. The summed E-state index contributed by atoms with van der Waals surface area (Å²) in [6, 6.07) is 0.294. The number of ether oxygens (including phenoxy) is 1. The summed E-state index contributed by atoms with van der Waals surface area (Å²) in [6.45, 7) is 3.87. The van der Waals surface area contributed by atoms with Gasteiger partial charge in [0.05, 0.1) is 0 Å². The van der Waals surface area contributed by atoms with Crippen molar-refractivity contribution in [3.8, 4) is 0 Å². The second-order valence-corrected chi connectivity index (χ2v) is 4.22. The maximum atomic E-state index is 11.5. The number of carbonyl (C=O) groups excluding carboxylic acids is 1. The third-order valence-corrected chi connectivity index (χ3v) is 3.20. The van der Waals surface area contributed by atoms with Crippen molar-refractivity contribution in [3.05, 3.63) is 0 Å². The van der Waals surface area contributed by atoms with E-state index in [2.05, 4.69) is 12.2 Å².